The van der Waals surface area contributed by atoms with Gasteiger partial charge in [0.05, 0.1) is 18.2 Å². The first-order chi connectivity index (χ1) is 7.72. The third kappa shape index (κ3) is 2.45. The van der Waals surface area contributed by atoms with Gasteiger partial charge in [0.15, 0.2) is 5.82 Å². The van der Waals surface area contributed by atoms with Crippen LogP contribution in [-0.2, 0) is 0 Å². The van der Waals surface area contributed by atoms with Gasteiger partial charge in [0.2, 0.25) is 0 Å². The van der Waals surface area contributed by atoms with Crippen molar-refractivity contribution in [3.05, 3.63) is 16.7 Å². The third-order valence-corrected chi connectivity index (χ3v) is 3.02. The van der Waals surface area contributed by atoms with Gasteiger partial charge >= 0.3 is 0 Å². The Balaban J connectivity index is 2.21. The molecule has 1 aromatic heterocycles. The highest BCUT2D eigenvalue weighted by Gasteiger charge is 2.30. The maximum absolute atomic E-state index is 8.64. The minimum atomic E-state index is 0.508. The van der Waals surface area contributed by atoms with E-state index in [9.17, 15) is 0 Å². The number of aromatic nitrogens is 1. The lowest BCUT2D eigenvalue weighted by Gasteiger charge is -2.23. The molecular formula is C11H13BrN4. The first kappa shape index (κ1) is 11.2. The molecule has 1 aromatic rings. The smallest absolute Gasteiger partial charge is 0.152 e. The van der Waals surface area contributed by atoms with Gasteiger partial charge in [-0.1, -0.05) is 0 Å². The zero-order valence-corrected chi connectivity index (χ0v) is 10.4. The lowest BCUT2D eigenvalue weighted by atomic mass is 10.3. The van der Waals surface area contributed by atoms with Gasteiger partial charge in [-0.3, -0.25) is 0 Å². The Morgan fingerprint density at radius 1 is 1.62 bits per heavy atom. The van der Waals surface area contributed by atoms with Crippen molar-refractivity contribution in [2.75, 3.05) is 17.2 Å². The van der Waals surface area contributed by atoms with Gasteiger partial charge in [0.25, 0.3) is 0 Å². The molecule has 1 saturated carbocycles. The summed E-state index contributed by atoms with van der Waals surface area (Å²) in [6, 6.07) is 4.53. The molecule has 1 aliphatic carbocycles. The molecule has 16 heavy (non-hydrogen) atoms. The molecule has 84 valence electrons. The van der Waals surface area contributed by atoms with Crippen molar-refractivity contribution in [1.29, 1.82) is 5.26 Å². The van der Waals surface area contributed by atoms with Crippen LogP contribution in [0.1, 0.15) is 19.3 Å². The predicted molar refractivity (Wildman–Crippen MR) is 66.9 cm³/mol. The maximum Gasteiger partial charge on any atom is 0.152 e. The Labute approximate surface area is 103 Å². The number of nitrogens with zero attached hydrogens (tertiary/aromatic N) is 3. The molecule has 0 radical (unpaired) electrons. The zero-order chi connectivity index (χ0) is 11.5. The number of nitrogens with two attached hydrogens (primary N) is 1. The summed E-state index contributed by atoms with van der Waals surface area (Å²) in [6.45, 7) is 0.708. The molecule has 0 spiro atoms. The van der Waals surface area contributed by atoms with E-state index >= 15 is 0 Å². The molecule has 2 rings (SSSR count). The van der Waals surface area contributed by atoms with Crippen molar-refractivity contribution in [3.63, 3.8) is 0 Å². The molecule has 1 heterocycles. The average molecular weight is 281 g/mol. The van der Waals surface area contributed by atoms with Crippen molar-refractivity contribution in [1.82, 2.24) is 4.98 Å². The lowest BCUT2D eigenvalue weighted by Crippen LogP contribution is -2.28. The second-order valence-electron chi connectivity index (χ2n) is 3.90. The van der Waals surface area contributed by atoms with Crippen LogP contribution in [0.5, 0.6) is 0 Å². The fraction of sp³-hybridized carbons (Fsp3) is 0.455. The SMILES string of the molecule is N#CCCN(c1ncc(Br)cc1N)C1CC1. The van der Waals surface area contributed by atoms with E-state index in [1.165, 1.54) is 12.8 Å². The van der Waals surface area contributed by atoms with Crippen LogP contribution in [0.15, 0.2) is 16.7 Å². The summed E-state index contributed by atoms with van der Waals surface area (Å²) in [5.74, 6) is 0.806. The number of nitrogen functional groups attached to an aromatic ring is 1. The summed E-state index contributed by atoms with van der Waals surface area (Å²) in [4.78, 5) is 6.48. The van der Waals surface area contributed by atoms with Crippen molar-refractivity contribution >= 4 is 27.4 Å². The number of hydrogen-bond donors (Lipinski definition) is 1. The van der Waals surface area contributed by atoms with Gasteiger partial charge in [0.1, 0.15) is 0 Å². The van der Waals surface area contributed by atoms with Crippen molar-refractivity contribution in [3.8, 4) is 6.07 Å². The van der Waals surface area contributed by atoms with Crippen LogP contribution < -0.4 is 10.6 Å². The Morgan fingerprint density at radius 3 is 2.94 bits per heavy atom. The molecule has 0 bridgehead atoms. The number of nitriles is 1. The Bertz CT molecular complexity index is 422. The van der Waals surface area contributed by atoms with E-state index < -0.39 is 0 Å². The van der Waals surface area contributed by atoms with E-state index in [4.69, 9.17) is 11.0 Å². The van der Waals surface area contributed by atoms with Gasteiger partial charge in [0, 0.05) is 23.3 Å². The third-order valence-electron chi connectivity index (χ3n) is 2.59. The number of hydrogen-bond acceptors (Lipinski definition) is 4. The predicted octanol–water partition coefficient (Wildman–Crippen LogP) is 2.31. The minimum Gasteiger partial charge on any atom is -0.396 e. The second-order valence-corrected chi connectivity index (χ2v) is 4.81. The topological polar surface area (TPSA) is 65.9 Å². The van der Waals surface area contributed by atoms with Crippen LogP contribution in [0.25, 0.3) is 0 Å². The largest absolute Gasteiger partial charge is 0.396 e. The average Bonchev–Trinajstić information content (AvgIpc) is 3.05. The van der Waals surface area contributed by atoms with E-state index in [0.717, 1.165) is 10.3 Å². The van der Waals surface area contributed by atoms with Crippen molar-refractivity contribution in [2.45, 2.75) is 25.3 Å². The van der Waals surface area contributed by atoms with Crippen LogP contribution in [0.3, 0.4) is 0 Å². The Hall–Kier alpha value is -1.28. The normalized spacial score (nSPS) is 14.5. The van der Waals surface area contributed by atoms with E-state index in [1.54, 1.807) is 6.20 Å². The molecule has 1 aliphatic rings. The summed E-state index contributed by atoms with van der Waals surface area (Å²) in [6.07, 6.45) is 4.59. The van der Waals surface area contributed by atoms with Crippen LogP contribution in [0, 0.1) is 11.3 Å². The highest BCUT2D eigenvalue weighted by Crippen LogP contribution is 2.34. The van der Waals surface area contributed by atoms with Crippen LogP contribution >= 0.6 is 15.9 Å². The number of anilines is 2. The zero-order valence-electron chi connectivity index (χ0n) is 8.86. The highest BCUT2D eigenvalue weighted by atomic mass is 79.9. The molecule has 4 nitrogen and oxygen atoms in total. The summed E-state index contributed by atoms with van der Waals surface area (Å²) >= 11 is 3.34. The molecule has 2 N–H and O–H groups in total. The standard InChI is InChI=1S/C11H13BrN4/c12-8-6-10(14)11(15-7-8)16(5-1-4-13)9-2-3-9/h6-7,9H,1-3,5,14H2. The summed E-state index contributed by atoms with van der Waals surface area (Å²) in [5, 5.41) is 8.64. The molecule has 0 atom stereocenters. The van der Waals surface area contributed by atoms with Gasteiger partial charge < -0.3 is 10.6 Å². The van der Waals surface area contributed by atoms with Crippen molar-refractivity contribution < 1.29 is 0 Å². The Kier molecular flexibility index (Phi) is 3.30. The summed E-state index contributed by atoms with van der Waals surface area (Å²) in [7, 11) is 0. The van der Waals surface area contributed by atoms with E-state index in [1.807, 2.05) is 6.07 Å². The molecule has 0 saturated heterocycles. The number of pyridine rings is 1. The van der Waals surface area contributed by atoms with Gasteiger partial charge in [-0.25, -0.2) is 4.98 Å². The monoisotopic (exact) mass is 280 g/mol. The first-order valence-corrected chi connectivity index (χ1v) is 6.06. The maximum atomic E-state index is 8.64. The van der Waals surface area contributed by atoms with E-state index in [2.05, 4.69) is 31.9 Å². The molecule has 0 aliphatic heterocycles. The van der Waals surface area contributed by atoms with Crippen LogP contribution in [0.4, 0.5) is 11.5 Å². The molecule has 5 heteroatoms. The van der Waals surface area contributed by atoms with E-state index in [-0.39, 0.29) is 0 Å². The number of halogens is 1. The number of rotatable bonds is 4. The minimum absolute atomic E-state index is 0.508. The molecule has 1 fully saturated rings. The fourth-order valence-electron chi connectivity index (χ4n) is 1.71. The quantitative estimate of drug-likeness (QED) is 0.919. The Morgan fingerprint density at radius 2 is 2.38 bits per heavy atom. The summed E-state index contributed by atoms with van der Waals surface area (Å²) < 4.78 is 0.879. The lowest BCUT2D eigenvalue weighted by molar-refractivity contribution is 0.779. The van der Waals surface area contributed by atoms with Gasteiger partial charge in [-0.05, 0) is 34.8 Å². The van der Waals surface area contributed by atoms with Crippen molar-refractivity contribution in [2.24, 2.45) is 0 Å². The summed E-state index contributed by atoms with van der Waals surface area (Å²) in [5.41, 5.74) is 6.61. The second kappa shape index (κ2) is 4.71. The fourth-order valence-corrected chi connectivity index (χ4v) is 2.05. The molecular weight excluding hydrogens is 268 g/mol. The van der Waals surface area contributed by atoms with E-state index in [0.29, 0.717) is 24.7 Å². The first-order valence-electron chi connectivity index (χ1n) is 5.27. The molecule has 0 aromatic carbocycles. The van der Waals surface area contributed by atoms with Gasteiger partial charge in [-0.2, -0.15) is 5.26 Å². The van der Waals surface area contributed by atoms with Gasteiger partial charge in [-0.15, -0.1) is 0 Å². The molecule has 0 amide bonds. The molecule has 0 unspecified atom stereocenters. The highest BCUT2D eigenvalue weighted by molar-refractivity contribution is 9.10. The van der Waals surface area contributed by atoms with Crippen LogP contribution in [-0.4, -0.2) is 17.6 Å². The van der Waals surface area contributed by atoms with Crippen LogP contribution in [0.2, 0.25) is 0 Å².